The lowest BCUT2D eigenvalue weighted by Gasteiger charge is -2.20. The number of fused-ring (bicyclic) bond motifs is 1. The van der Waals surface area contributed by atoms with Crippen LogP contribution in [0.4, 0.5) is 0 Å². The smallest absolute Gasteiger partial charge is 0.214 e. The zero-order chi connectivity index (χ0) is 15.5. The molecule has 0 aromatic carbocycles. The molecule has 0 atom stereocenters. The molecule has 0 aliphatic heterocycles. The largest absolute Gasteiger partial charge is 0.469 e. The van der Waals surface area contributed by atoms with Crippen molar-refractivity contribution in [2.45, 2.75) is 32.3 Å². The molecular weight excluding hydrogens is 288 g/mol. The highest BCUT2D eigenvalue weighted by molar-refractivity contribution is 5.68. The molecule has 0 spiro atoms. The standard InChI is InChI=1S/C18H18N4O/c1-2-6-16-14(5-1)15(13-4-3-7-19-11-13)10-18(22-16)23-12-17-20-8-9-21-17/h3-4,7-11H,1-2,5-6,12H2,(H,20,21). The number of aryl methyl sites for hydroxylation is 1. The lowest BCUT2D eigenvalue weighted by molar-refractivity contribution is 0.284. The number of aromatic amines is 1. The minimum atomic E-state index is 0.394. The zero-order valence-electron chi connectivity index (χ0n) is 12.8. The fourth-order valence-electron chi connectivity index (χ4n) is 3.05. The van der Waals surface area contributed by atoms with Crippen LogP contribution in [-0.2, 0) is 19.4 Å². The Morgan fingerprint density at radius 2 is 2.13 bits per heavy atom. The lowest BCUT2D eigenvalue weighted by Crippen LogP contribution is -2.09. The summed E-state index contributed by atoms with van der Waals surface area (Å²) >= 11 is 0. The average molecular weight is 306 g/mol. The number of ether oxygens (including phenoxy) is 1. The molecule has 0 amide bonds. The molecule has 1 aliphatic rings. The van der Waals surface area contributed by atoms with Crippen LogP contribution in [0.2, 0.25) is 0 Å². The van der Waals surface area contributed by atoms with Crippen LogP contribution in [0.1, 0.15) is 29.9 Å². The fourth-order valence-corrected chi connectivity index (χ4v) is 3.05. The van der Waals surface area contributed by atoms with Crippen LogP contribution >= 0.6 is 0 Å². The number of nitrogens with one attached hydrogen (secondary N) is 1. The van der Waals surface area contributed by atoms with Crippen LogP contribution in [0.3, 0.4) is 0 Å². The summed E-state index contributed by atoms with van der Waals surface area (Å²) in [5.41, 5.74) is 4.81. The summed E-state index contributed by atoms with van der Waals surface area (Å²) in [6, 6.07) is 6.09. The molecule has 0 fully saturated rings. The Kier molecular flexibility index (Phi) is 3.76. The van der Waals surface area contributed by atoms with Gasteiger partial charge in [0.2, 0.25) is 5.88 Å². The number of aromatic nitrogens is 4. The summed E-state index contributed by atoms with van der Waals surface area (Å²) < 4.78 is 5.85. The van der Waals surface area contributed by atoms with E-state index in [1.807, 2.05) is 18.3 Å². The van der Waals surface area contributed by atoms with Crippen molar-refractivity contribution < 1.29 is 4.74 Å². The second-order valence-corrected chi connectivity index (χ2v) is 5.71. The molecule has 0 bridgehead atoms. The SMILES string of the molecule is c1cncc(-c2cc(OCc3ncc[nH]3)nc3c2CCCC3)c1. The van der Waals surface area contributed by atoms with Crippen LogP contribution in [0.5, 0.6) is 5.88 Å². The molecule has 116 valence electrons. The third kappa shape index (κ3) is 2.95. The molecule has 1 N–H and O–H groups in total. The Morgan fingerprint density at radius 3 is 2.96 bits per heavy atom. The van der Waals surface area contributed by atoms with Gasteiger partial charge < -0.3 is 9.72 Å². The van der Waals surface area contributed by atoms with Crippen molar-refractivity contribution in [3.05, 3.63) is 60.1 Å². The van der Waals surface area contributed by atoms with Crippen LogP contribution in [0.15, 0.2) is 43.0 Å². The van der Waals surface area contributed by atoms with Crippen molar-refractivity contribution in [1.29, 1.82) is 0 Å². The first kappa shape index (κ1) is 13.9. The highest BCUT2D eigenvalue weighted by atomic mass is 16.5. The van der Waals surface area contributed by atoms with Crippen LogP contribution in [0, 0.1) is 0 Å². The topological polar surface area (TPSA) is 63.7 Å². The number of H-pyrrole nitrogens is 1. The molecule has 3 heterocycles. The van der Waals surface area contributed by atoms with E-state index in [2.05, 4.69) is 21.0 Å². The van der Waals surface area contributed by atoms with Gasteiger partial charge in [-0.1, -0.05) is 6.07 Å². The molecule has 0 radical (unpaired) electrons. The van der Waals surface area contributed by atoms with Gasteiger partial charge in [-0.25, -0.2) is 9.97 Å². The normalized spacial score (nSPS) is 13.6. The molecule has 0 unspecified atom stereocenters. The first-order valence-electron chi connectivity index (χ1n) is 7.94. The first-order valence-corrected chi connectivity index (χ1v) is 7.94. The van der Waals surface area contributed by atoms with Crippen molar-refractivity contribution in [1.82, 2.24) is 19.9 Å². The predicted octanol–water partition coefficient (Wildman–Crippen LogP) is 3.32. The average Bonchev–Trinajstić information content (AvgIpc) is 3.13. The number of pyridine rings is 2. The summed E-state index contributed by atoms with van der Waals surface area (Å²) in [6.45, 7) is 0.394. The molecule has 5 heteroatoms. The second kappa shape index (κ2) is 6.20. The molecule has 3 aromatic rings. The maximum absolute atomic E-state index is 5.85. The summed E-state index contributed by atoms with van der Waals surface area (Å²) in [5, 5.41) is 0. The summed E-state index contributed by atoms with van der Waals surface area (Å²) in [5.74, 6) is 1.45. The molecule has 4 rings (SSSR count). The van der Waals surface area contributed by atoms with E-state index in [1.54, 1.807) is 18.6 Å². The fraction of sp³-hybridized carbons (Fsp3) is 0.278. The lowest BCUT2D eigenvalue weighted by atomic mass is 9.90. The summed E-state index contributed by atoms with van der Waals surface area (Å²) in [7, 11) is 0. The third-order valence-electron chi connectivity index (χ3n) is 4.16. The second-order valence-electron chi connectivity index (χ2n) is 5.71. The number of hydrogen-bond donors (Lipinski definition) is 1. The van der Waals surface area contributed by atoms with Gasteiger partial charge in [0.25, 0.3) is 0 Å². The highest BCUT2D eigenvalue weighted by Gasteiger charge is 2.18. The molecular formula is C18H18N4O. The van der Waals surface area contributed by atoms with E-state index < -0.39 is 0 Å². The van der Waals surface area contributed by atoms with Gasteiger partial charge >= 0.3 is 0 Å². The van der Waals surface area contributed by atoms with Gasteiger partial charge in [0.15, 0.2) is 0 Å². The van der Waals surface area contributed by atoms with E-state index in [1.165, 1.54) is 24.0 Å². The number of hydrogen-bond acceptors (Lipinski definition) is 4. The Labute approximate surface area is 134 Å². The van der Waals surface area contributed by atoms with Crippen molar-refractivity contribution >= 4 is 0 Å². The Bertz CT molecular complexity index is 784. The molecule has 3 aromatic heterocycles. The van der Waals surface area contributed by atoms with Gasteiger partial charge in [-0.05, 0) is 42.9 Å². The van der Waals surface area contributed by atoms with Crippen molar-refractivity contribution in [3.8, 4) is 17.0 Å². The van der Waals surface area contributed by atoms with Crippen molar-refractivity contribution in [2.24, 2.45) is 0 Å². The van der Waals surface area contributed by atoms with E-state index in [0.29, 0.717) is 12.5 Å². The Morgan fingerprint density at radius 1 is 1.17 bits per heavy atom. The number of rotatable bonds is 4. The van der Waals surface area contributed by atoms with Gasteiger partial charge in [0, 0.05) is 42.1 Å². The Hall–Kier alpha value is -2.69. The minimum Gasteiger partial charge on any atom is -0.469 e. The molecule has 23 heavy (non-hydrogen) atoms. The maximum Gasteiger partial charge on any atom is 0.214 e. The van der Waals surface area contributed by atoms with Gasteiger partial charge in [0.05, 0.1) is 0 Å². The van der Waals surface area contributed by atoms with Gasteiger partial charge in [0.1, 0.15) is 12.4 Å². The van der Waals surface area contributed by atoms with Gasteiger partial charge in [-0.3, -0.25) is 4.98 Å². The van der Waals surface area contributed by atoms with E-state index in [4.69, 9.17) is 9.72 Å². The van der Waals surface area contributed by atoms with E-state index >= 15 is 0 Å². The molecule has 0 saturated heterocycles. The van der Waals surface area contributed by atoms with Gasteiger partial charge in [-0.2, -0.15) is 0 Å². The van der Waals surface area contributed by atoms with E-state index in [0.717, 1.165) is 29.9 Å². The maximum atomic E-state index is 5.85. The minimum absolute atomic E-state index is 0.394. The third-order valence-corrected chi connectivity index (χ3v) is 4.16. The summed E-state index contributed by atoms with van der Waals surface area (Å²) in [6.07, 6.45) is 11.7. The van der Waals surface area contributed by atoms with Crippen LogP contribution in [-0.4, -0.2) is 19.9 Å². The number of imidazole rings is 1. The first-order chi connectivity index (χ1) is 11.4. The quantitative estimate of drug-likeness (QED) is 0.803. The predicted molar refractivity (Wildman–Crippen MR) is 87.0 cm³/mol. The van der Waals surface area contributed by atoms with Crippen molar-refractivity contribution in [3.63, 3.8) is 0 Å². The van der Waals surface area contributed by atoms with E-state index in [-0.39, 0.29) is 0 Å². The number of nitrogens with zero attached hydrogens (tertiary/aromatic N) is 3. The van der Waals surface area contributed by atoms with Crippen LogP contribution < -0.4 is 4.74 Å². The summed E-state index contributed by atoms with van der Waals surface area (Å²) in [4.78, 5) is 16.2. The van der Waals surface area contributed by atoms with Crippen molar-refractivity contribution in [2.75, 3.05) is 0 Å². The highest BCUT2D eigenvalue weighted by Crippen LogP contribution is 2.33. The molecule has 1 aliphatic carbocycles. The monoisotopic (exact) mass is 306 g/mol. The van der Waals surface area contributed by atoms with Gasteiger partial charge in [-0.15, -0.1) is 0 Å². The Balaban J connectivity index is 1.70. The molecule has 5 nitrogen and oxygen atoms in total. The van der Waals surface area contributed by atoms with E-state index in [9.17, 15) is 0 Å². The van der Waals surface area contributed by atoms with Crippen LogP contribution in [0.25, 0.3) is 11.1 Å². The zero-order valence-corrected chi connectivity index (χ0v) is 12.8. The molecule has 0 saturated carbocycles.